The van der Waals surface area contributed by atoms with Crippen LogP contribution in [-0.2, 0) is 6.54 Å². The monoisotopic (exact) mass is 221 g/mol. The van der Waals surface area contributed by atoms with Crippen molar-refractivity contribution in [3.05, 3.63) is 47.0 Å². The lowest BCUT2D eigenvalue weighted by atomic mass is 10.2. The molecule has 0 spiro atoms. The molecular weight excluding hydrogens is 210 g/mol. The van der Waals surface area contributed by atoms with Gasteiger partial charge >= 0.3 is 0 Å². The van der Waals surface area contributed by atoms with E-state index in [-0.39, 0.29) is 0 Å². The minimum Gasteiger partial charge on any atom is -0.325 e. The van der Waals surface area contributed by atoms with Crippen LogP contribution in [0.25, 0.3) is 5.69 Å². The molecule has 0 radical (unpaired) electrons. The first-order valence-electron chi connectivity index (χ1n) is 4.71. The van der Waals surface area contributed by atoms with Gasteiger partial charge in [-0.15, -0.1) is 0 Å². The van der Waals surface area contributed by atoms with Crippen LogP contribution in [0.3, 0.4) is 0 Å². The molecule has 0 saturated heterocycles. The van der Waals surface area contributed by atoms with Crippen molar-refractivity contribution >= 4 is 11.6 Å². The zero-order valence-electron chi connectivity index (χ0n) is 8.44. The van der Waals surface area contributed by atoms with Crippen molar-refractivity contribution in [2.45, 2.75) is 13.5 Å². The Morgan fingerprint density at radius 1 is 1.47 bits per heavy atom. The summed E-state index contributed by atoms with van der Waals surface area (Å²) in [6.45, 7) is 2.44. The van der Waals surface area contributed by atoms with Crippen LogP contribution in [0.2, 0.25) is 5.02 Å². The molecule has 0 unspecified atom stereocenters. The first-order valence-corrected chi connectivity index (χ1v) is 5.08. The molecule has 0 aliphatic rings. The molecule has 2 rings (SSSR count). The Labute approximate surface area is 93.5 Å². The highest BCUT2D eigenvalue weighted by molar-refractivity contribution is 6.31. The Morgan fingerprint density at radius 2 is 2.27 bits per heavy atom. The fraction of sp³-hybridized carbons (Fsp3) is 0.182. The number of rotatable bonds is 2. The van der Waals surface area contributed by atoms with Gasteiger partial charge in [-0.2, -0.15) is 0 Å². The zero-order valence-corrected chi connectivity index (χ0v) is 9.20. The van der Waals surface area contributed by atoms with Crippen molar-refractivity contribution in [3.8, 4) is 5.69 Å². The van der Waals surface area contributed by atoms with E-state index >= 15 is 0 Å². The lowest BCUT2D eigenvalue weighted by molar-refractivity contribution is 1.01. The van der Waals surface area contributed by atoms with E-state index in [1.165, 1.54) is 0 Å². The standard InChI is InChI=1S/C11H12ClN3/c1-8-10(12)3-2-4-11(8)15-6-9(5-13)14-7-15/h2-4,6-7H,5,13H2,1H3. The lowest BCUT2D eigenvalue weighted by Crippen LogP contribution is -1.96. The summed E-state index contributed by atoms with van der Waals surface area (Å²) in [6.07, 6.45) is 3.67. The summed E-state index contributed by atoms with van der Waals surface area (Å²) >= 11 is 6.05. The molecule has 3 nitrogen and oxygen atoms in total. The molecule has 0 atom stereocenters. The Morgan fingerprint density at radius 3 is 2.93 bits per heavy atom. The zero-order chi connectivity index (χ0) is 10.8. The summed E-state index contributed by atoms with van der Waals surface area (Å²) in [6, 6.07) is 5.80. The van der Waals surface area contributed by atoms with Crippen LogP contribution in [-0.4, -0.2) is 9.55 Å². The van der Waals surface area contributed by atoms with Gasteiger partial charge in [0.1, 0.15) is 0 Å². The SMILES string of the molecule is Cc1c(Cl)cccc1-n1cnc(CN)c1. The summed E-state index contributed by atoms with van der Waals surface area (Å²) < 4.78 is 1.93. The van der Waals surface area contributed by atoms with Crippen LogP contribution < -0.4 is 5.73 Å². The van der Waals surface area contributed by atoms with Gasteiger partial charge in [-0.3, -0.25) is 0 Å². The van der Waals surface area contributed by atoms with Gasteiger partial charge < -0.3 is 10.3 Å². The summed E-state index contributed by atoms with van der Waals surface area (Å²) in [7, 11) is 0. The van der Waals surface area contributed by atoms with E-state index in [1.54, 1.807) is 6.33 Å². The van der Waals surface area contributed by atoms with E-state index in [1.807, 2.05) is 35.9 Å². The third kappa shape index (κ3) is 1.89. The molecule has 2 aromatic rings. The van der Waals surface area contributed by atoms with E-state index in [4.69, 9.17) is 17.3 Å². The van der Waals surface area contributed by atoms with E-state index < -0.39 is 0 Å². The second kappa shape index (κ2) is 4.04. The number of imidazole rings is 1. The molecule has 0 aliphatic carbocycles. The van der Waals surface area contributed by atoms with Gasteiger partial charge in [-0.1, -0.05) is 17.7 Å². The molecule has 0 amide bonds. The molecular formula is C11H12ClN3. The second-order valence-corrected chi connectivity index (χ2v) is 3.77. The Balaban J connectivity index is 2.49. The predicted molar refractivity (Wildman–Crippen MR) is 61.2 cm³/mol. The normalized spacial score (nSPS) is 10.6. The van der Waals surface area contributed by atoms with Gasteiger partial charge in [0.2, 0.25) is 0 Å². The van der Waals surface area contributed by atoms with Crippen LogP contribution in [0, 0.1) is 6.92 Å². The van der Waals surface area contributed by atoms with E-state index in [0.717, 1.165) is 22.0 Å². The fourth-order valence-corrected chi connectivity index (χ4v) is 1.65. The second-order valence-electron chi connectivity index (χ2n) is 3.36. The van der Waals surface area contributed by atoms with Gasteiger partial charge in [0.05, 0.1) is 17.7 Å². The average molecular weight is 222 g/mol. The third-order valence-corrected chi connectivity index (χ3v) is 2.77. The predicted octanol–water partition coefficient (Wildman–Crippen LogP) is 2.29. The summed E-state index contributed by atoms with van der Waals surface area (Å²) in [5.74, 6) is 0. The molecule has 1 aromatic heterocycles. The molecule has 2 N–H and O–H groups in total. The van der Waals surface area contributed by atoms with E-state index in [2.05, 4.69) is 4.98 Å². The Hall–Kier alpha value is -1.32. The van der Waals surface area contributed by atoms with Crippen LogP contribution in [0.4, 0.5) is 0 Å². The van der Waals surface area contributed by atoms with E-state index in [0.29, 0.717) is 6.54 Å². The van der Waals surface area contributed by atoms with Crippen molar-refractivity contribution in [2.24, 2.45) is 5.73 Å². The number of benzene rings is 1. The van der Waals surface area contributed by atoms with Crippen molar-refractivity contribution in [2.75, 3.05) is 0 Å². The molecule has 1 heterocycles. The largest absolute Gasteiger partial charge is 0.325 e. The van der Waals surface area contributed by atoms with E-state index in [9.17, 15) is 0 Å². The number of nitrogens with two attached hydrogens (primary N) is 1. The number of hydrogen-bond acceptors (Lipinski definition) is 2. The quantitative estimate of drug-likeness (QED) is 0.846. The summed E-state index contributed by atoms with van der Waals surface area (Å²) in [4.78, 5) is 4.18. The number of halogens is 1. The minimum absolute atomic E-state index is 0.451. The maximum Gasteiger partial charge on any atom is 0.0995 e. The summed E-state index contributed by atoms with van der Waals surface area (Å²) in [5, 5.41) is 0.760. The molecule has 15 heavy (non-hydrogen) atoms. The van der Waals surface area contributed by atoms with Crippen molar-refractivity contribution in [3.63, 3.8) is 0 Å². The van der Waals surface area contributed by atoms with Crippen LogP contribution >= 0.6 is 11.6 Å². The fourth-order valence-electron chi connectivity index (χ4n) is 1.48. The Kier molecular flexibility index (Phi) is 2.75. The maximum atomic E-state index is 6.05. The molecule has 0 saturated carbocycles. The van der Waals surface area contributed by atoms with Crippen LogP contribution in [0.15, 0.2) is 30.7 Å². The van der Waals surface area contributed by atoms with Crippen LogP contribution in [0.5, 0.6) is 0 Å². The smallest absolute Gasteiger partial charge is 0.0995 e. The number of aromatic nitrogens is 2. The highest BCUT2D eigenvalue weighted by Crippen LogP contribution is 2.21. The molecule has 4 heteroatoms. The van der Waals surface area contributed by atoms with Gasteiger partial charge in [0, 0.05) is 17.8 Å². The van der Waals surface area contributed by atoms with Gasteiger partial charge in [-0.05, 0) is 24.6 Å². The highest BCUT2D eigenvalue weighted by atomic mass is 35.5. The van der Waals surface area contributed by atoms with Crippen LogP contribution in [0.1, 0.15) is 11.3 Å². The highest BCUT2D eigenvalue weighted by Gasteiger charge is 2.04. The average Bonchev–Trinajstić information content (AvgIpc) is 2.70. The Bertz CT molecular complexity index is 476. The first kappa shape index (κ1) is 10.2. The molecule has 0 fully saturated rings. The number of hydrogen-bond donors (Lipinski definition) is 1. The molecule has 0 bridgehead atoms. The molecule has 78 valence electrons. The number of nitrogens with zero attached hydrogens (tertiary/aromatic N) is 2. The lowest BCUT2D eigenvalue weighted by Gasteiger charge is -2.07. The first-order chi connectivity index (χ1) is 7.22. The summed E-state index contributed by atoms with van der Waals surface area (Å²) in [5.41, 5.74) is 8.46. The van der Waals surface area contributed by atoms with Gasteiger partial charge in [0.15, 0.2) is 0 Å². The maximum absolute atomic E-state index is 6.05. The molecule has 1 aromatic carbocycles. The topological polar surface area (TPSA) is 43.8 Å². The van der Waals surface area contributed by atoms with Gasteiger partial charge in [-0.25, -0.2) is 4.98 Å². The van der Waals surface area contributed by atoms with Crippen molar-refractivity contribution in [1.82, 2.24) is 9.55 Å². The molecule has 0 aliphatic heterocycles. The minimum atomic E-state index is 0.451. The van der Waals surface area contributed by atoms with Gasteiger partial charge in [0.25, 0.3) is 0 Å². The van der Waals surface area contributed by atoms with Crippen molar-refractivity contribution in [1.29, 1.82) is 0 Å². The third-order valence-electron chi connectivity index (χ3n) is 2.36. The van der Waals surface area contributed by atoms with Crippen molar-refractivity contribution < 1.29 is 0 Å².